The highest BCUT2D eigenvalue weighted by atomic mass is 32.1. The third-order valence-corrected chi connectivity index (χ3v) is 3.91. The van der Waals surface area contributed by atoms with Crippen molar-refractivity contribution in [2.75, 3.05) is 11.9 Å². The first-order chi connectivity index (χ1) is 9.75. The van der Waals surface area contributed by atoms with E-state index in [1.807, 2.05) is 18.2 Å². The van der Waals surface area contributed by atoms with E-state index in [9.17, 15) is 5.11 Å². The molecule has 0 amide bonds. The topological polar surface area (TPSA) is 58.0 Å². The number of aliphatic hydroxyl groups excluding tert-OH is 1. The van der Waals surface area contributed by atoms with Crippen molar-refractivity contribution in [3.8, 4) is 11.1 Å². The lowest BCUT2D eigenvalue weighted by atomic mass is 10.1. The number of thiophene rings is 1. The Balaban J connectivity index is 2.10. The van der Waals surface area contributed by atoms with Crippen molar-refractivity contribution < 1.29 is 5.11 Å². The van der Waals surface area contributed by atoms with Crippen LogP contribution in [0.25, 0.3) is 21.3 Å². The summed E-state index contributed by atoms with van der Waals surface area (Å²) in [5.41, 5.74) is 2.27. The van der Waals surface area contributed by atoms with E-state index in [1.165, 1.54) is 0 Å². The van der Waals surface area contributed by atoms with Crippen LogP contribution in [-0.4, -0.2) is 27.7 Å². The molecule has 0 saturated heterocycles. The second kappa shape index (κ2) is 5.56. The highest BCUT2D eigenvalue weighted by molar-refractivity contribution is 7.17. The maximum atomic E-state index is 9.42. The van der Waals surface area contributed by atoms with Crippen molar-refractivity contribution in [2.24, 2.45) is 0 Å². The first-order valence-electron chi connectivity index (χ1n) is 6.45. The van der Waals surface area contributed by atoms with Crippen molar-refractivity contribution in [3.63, 3.8) is 0 Å². The van der Waals surface area contributed by atoms with Crippen LogP contribution in [0, 0.1) is 0 Å². The van der Waals surface area contributed by atoms with Gasteiger partial charge in [0.1, 0.15) is 17.0 Å². The number of anilines is 1. The molecule has 20 heavy (non-hydrogen) atoms. The van der Waals surface area contributed by atoms with Gasteiger partial charge in [0.2, 0.25) is 0 Å². The van der Waals surface area contributed by atoms with Crippen molar-refractivity contribution in [3.05, 3.63) is 42.0 Å². The SMILES string of the molecule is C[C@@H](O)CNc1ncnc2scc(-c3ccccc3)c12. The lowest BCUT2D eigenvalue weighted by Gasteiger charge is -2.09. The number of aliphatic hydroxyl groups is 1. The Morgan fingerprint density at radius 1 is 1.25 bits per heavy atom. The molecule has 102 valence electrons. The van der Waals surface area contributed by atoms with Crippen LogP contribution in [0.1, 0.15) is 6.92 Å². The zero-order valence-electron chi connectivity index (χ0n) is 11.1. The molecule has 0 bridgehead atoms. The summed E-state index contributed by atoms with van der Waals surface area (Å²) >= 11 is 1.60. The first kappa shape index (κ1) is 13.0. The quantitative estimate of drug-likeness (QED) is 0.773. The van der Waals surface area contributed by atoms with E-state index < -0.39 is 6.10 Å². The van der Waals surface area contributed by atoms with Gasteiger partial charge in [0, 0.05) is 17.5 Å². The van der Waals surface area contributed by atoms with E-state index >= 15 is 0 Å². The monoisotopic (exact) mass is 285 g/mol. The number of benzene rings is 1. The summed E-state index contributed by atoms with van der Waals surface area (Å²) in [5, 5.41) is 15.7. The average molecular weight is 285 g/mol. The predicted octanol–water partition coefficient (Wildman–Crippen LogP) is 3.15. The molecule has 2 N–H and O–H groups in total. The lowest BCUT2D eigenvalue weighted by Crippen LogP contribution is -2.16. The minimum atomic E-state index is -0.418. The van der Waals surface area contributed by atoms with Crippen molar-refractivity contribution in [1.29, 1.82) is 0 Å². The van der Waals surface area contributed by atoms with Crippen molar-refractivity contribution in [1.82, 2.24) is 9.97 Å². The summed E-state index contributed by atoms with van der Waals surface area (Å²) in [7, 11) is 0. The summed E-state index contributed by atoms with van der Waals surface area (Å²) in [6.07, 6.45) is 1.14. The number of nitrogens with zero attached hydrogens (tertiary/aromatic N) is 2. The van der Waals surface area contributed by atoms with Gasteiger partial charge < -0.3 is 10.4 Å². The lowest BCUT2D eigenvalue weighted by molar-refractivity contribution is 0.208. The van der Waals surface area contributed by atoms with Gasteiger partial charge >= 0.3 is 0 Å². The Morgan fingerprint density at radius 2 is 2.05 bits per heavy atom. The average Bonchev–Trinajstić information content (AvgIpc) is 2.90. The van der Waals surface area contributed by atoms with Gasteiger partial charge in [0.25, 0.3) is 0 Å². The Morgan fingerprint density at radius 3 is 2.80 bits per heavy atom. The summed E-state index contributed by atoms with van der Waals surface area (Å²) in [6, 6.07) is 10.2. The van der Waals surface area contributed by atoms with Gasteiger partial charge in [0.15, 0.2) is 0 Å². The second-order valence-corrected chi connectivity index (χ2v) is 5.51. The zero-order valence-corrected chi connectivity index (χ0v) is 11.9. The molecule has 0 spiro atoms. The van der Waals surface area contributed by atoms with Crippen LogP contribution in [0.5, 0.6) is 0 Å². The van der Waals surface area contributed by atoms with Crippen LogP contribution in [0.2, 0.25) is 0 Å². The smallest absolute Gasteiger partial charge is 0.138 e. The molecule has 0 radical (unpaired) electrons. The molecule has 0 aliphatic heterocycles. The summed E-state index contributed by atoms with van der Waals surface area (Å²) in [5.74, 6) is 0.774. The minimum Gasteiger partial charge on any atom is -0.392 e. The molecule has 2 heterocycles. The van der Waals surface area contributed by atoms with E-state index in [0.29, 0.717) is 6.54 Å². The predicted molar refractivity (Wildman–Crippen MR) is 83.0 cm³/mol. The number of fused-ring (bicyclic) bond motifs is 1. The number of hydrogen-bond acceptors (Lipinski definition) is 5. The van der Waals surface area contributed by atoms with Crippen LogP contribution >= 0.6 is 11.3 Å². The number of nitrogens with one attached hydrogen (secondary N) is 1. The molecule has 3 aromatic rings. The molecule has 0 aliphatic rings. The molecule has 0 unspecified atom stereocenters. The minimum absolute atomic E-state index is 0.418. The molecule has 5 heteroatoms. The Bertz CT molecular complexity index is 709. The molecular weight excluding hydrogens is 270 g/mol. The van der Waals surface area contributed by atoms with Crippen molar-refractivity contribution >= 4 is 27.4 Å². The van der Waals surface area contributed by atoms with Gasteiger partial charge in [-0.25, -0.2) is 9.97 Å². The molecule has 1 aromatic carbocycles. The molecule has 1 atom stereocenters. The molecule has 3 rings (SSSR count). The van der Waals surface area contributed by atoms with Gasteiger partial charge in [-0.05, 0) is 12.5 Å². The Hall–Kier alpha value is -1.98. The van der Waals surface area contributed by atoms with E-state index in [0.717, 1.165) is 27.2 Å². The van der Waals surface area contributed by atoms with E-state index in [1.54, 1.807) is 24.6 Å². The van der Waals surface area contributed by atoms with Crippen LogP contribution in [0.3, 0.4) is 0 Å². The second-order valence-electron chi connectivity index (χ2n) is 4.65. The molecule has 2 aromatic heterocycles. The molecule has 0 fully saturated rings. The third kappa shape index (κ3) is 2.50. The van der Waals surface area contributed by atoms with Crippen LogP contribution in [-0.2, 0) is 0 Å². The Kier molecular flexibility index (Phi) is 3.62. The maximum absolute atomic E-state index is 9.42. The van der Waals surface area contributed by atoms with E-state index in [4.69, 9.17) is 0 Å². The number of rotatable bonds is 4. The Labute approximate surface area is 121 Å². The highest BCUT2D eigenvalue weighted by Gasteiger charge is 2.12. The normalized spacial score (nSPS) is 12.5. The fraction of sp³-hybridized carbons (Fsp3) is 0.200. The van der Waals surface area contributed by atoms with Gasteiger partial charge in [-0.15, -0.1) is 11.3 Å². The van der Waals surface area contributed by atoms with Gasteiger partial charge in [-0.1, -0.05) is 30.3 Å². The van der Waals surface area contributed by atoms with Gasteiger partial charge in [-0.3, -0.25) is 0 Å². The summed E-state index contributed by atoms with van der Waals surface area (Å²) in [6.45, 7) is 2.22. The van der Waals surface area contributed by atoms with Crippen LogP contribution in [0.4, 0.5) is 5.82 Å². The fourth-order valence-corrected chi connectivity index (χ4v) is 3.00. The third-order valence-electron chi connectivity index (χ3n) is 3.02. The fourth-order valence-electron chi connectivity index (χ4n) is 2.08. The van der Waals surface area contributed by atoms with E-state index in [2.05, 4.69) is 32.8 Å². The van der Waals surface area contributed by atoms with Crippen molar-refractivity contribution in [2.45, 2.75) is 13.0 Å². The highest BCUT2D eigenvalue weighted by Crippen LogP contribution is 2.36. The summed E-state index contributed by atoms with van der Waals surface area (Å²) < 4.78 is 0. The van der Waals surface area contributed by atoms with Crippen LogP contribution < -0.4 is 5.32 Å². The molecule has 0 aliphatic carbocycles. The zero-order chi connectivity index (χ0) is 13.9. The first-order valence-corrected chi connectivity index (χ1v) is 7.33. The van der Waals surface area contributed by atoms with E-state index in [-0.39, 0.29) is 0 Å². The number of hydrogen-bond donors (Lipinski definition) is 2. The number of aromatic nitrogens is 2. The summed E-state index contributed by atoms with van der Waals surface area (Å²) in [4.78, 5) is 9.58. The van der Waals surface area contributed by atoms with Gasteiger partial charge in [-0.2, -0.15) is 0 Å². The molecular formula is C15H15N3OS. The van der Waals surface area contributed by atoms with Crippen LogP contribution in [0.15, 0.2) is 42.0 Å². The maximum Gasteiger partial charge on any atom is 0.138 e. The molecule has 4 nitrogen and oxygen atoms in total. The van der Waals surface area contributed by atoms with Gasteiger partial charge in [0.05, 0.1) is 11.5 Å². The standard InChI is InChI=1S/C15H15N3OS/c1-10(19)7-16-14-13-12(11-5-3-2-4-6-11)8-20-15(13)18-9-17-14/h2-6,8-10,19H,7H2,1H3,(H,16,17,18)/t10-/m1/s1. The largest absolute Gasteiger partial charge is 0.392 e. The molecule has 0 saturated carbocycles.